The van der Waals surface area contributed by atoms with E-state index in [-0.39, 0.29) is 11.9 Å². The monoisotopic (exact) mass is 583 g/mol. The molecule has 0 aliphatic heterocycles. The van der Waals surface area contributed by atoms with E-state index in [0.29, 0.717) is 5.56 Å². The summed E-state index contributed by atoms with van der Waals surface area (Å²) < 4.78 is 6.44. The summed E-state index contributed by atoms with van der Waals surface area (Å²) in [5, 5.41) is 0. The van der Waals surface area contributed by atoms with Crippen LogP contribution in [0.4, 0.5) is 17.1 Å². The fourth-order valence-corrected chi connectivity index (χ4v) is 5.49. The Morgan fingerprint density at radius 3 is 1.32 bits per heavy atom. The van der Waals surface area contributed by atoms with Crippen LogP contribution in [0.15, 0.2) is 127 Å². The van der Waals surface area contributed by atoms with Crippen LogP contribution in [0.25, 0.3) is 0 Å². The molecule has 0 aliphatic carbocycles. The highest BCUT2D eigenvalue weighted by Gasteiger charge is 2.27. The summed E-state index contributed by atoms with van der Waals surface area (Å²) in [6.07, 6.45) is -0.544. The summed E-state index contributed by atoms with van der Waals surface area (Å²) in [5.74, 6) is -0.547. The van der Waals surface area contributed by atoms with Gasteiger partial charge in [-0.2, -0.15) is 0 Å². The molecule has 0 spiro atoms. The van der Waals surface area contributed by atoms with Crippen molar-refractivity contribution in [1.82, 2.24) is 0 Å². The van der Waals surface area contributed by atoms with Crippen molar-refractivity contribution in [3.8, 4) is 0 Å². The maximum Gasteiger partial charge on any atom is 0.339 e. The van der Waals surface area contributed by atoms with Gasteiger partial charge in [-0.05, 0) is 64.2 Å². The van der Waals surface area contributed by atoms with Crippen LogP contribution in [0, 0.1) is 0 Å². The first kappa shape index (κ1) is 30.4. The van der Waals surface area contributed by atoms with Gasteiger partial charge in [0.25, 0.3) is 0 Å². The van der Waals surface area contributed by atoms with Crippen LogP contribution in [0.2, 0.25) is 0 Å². The Morgan fingerprint density at radius 1 is 0.500 bits per heavy atom. The molecule has 0 unspecified atom stereocenters. The molecule has 5 aromatic carbocycles. The molecular formula is C39H41N3O2. The fraction of sp³-hybridized carbons (Fsp3) is 0.205. The van der Waals surface area contributed by atoms with Crippen molar-refractivity contribution in [2.45, 2.75) is 12.0 Å². The second kappa shape index (κ2) is 13.5. The Hall–Kier alpha value is -5.03. The largest absolute Gasteiger partial charge is 0.449 e. The van der Waals surface area contributed by atoms with Crippen molar-refractivity contribution < 1.29 is 9.53 Å². The molecule has 5 aromatic rings. The molecule has 0 N–H and O–H groups in total. The lowest BCUT2D eigenvalue weighted by Crippen LogP contribution is -2.18. The Kier molecular flexibility index (Phi) is 9.35. The number of anilines is 3. The van der Waals surface area contributed by atoms with Gasteiger partial charge in [0.15, 0.2) is 6.10 Å². The zero-order chi connectivity index (χ0) is 31.2. The maximum absolute atomic E-state index is 14.4. The van der Waals surface area contributed by atoms with E-state index in [1.165, 1.54) is 0 Å². The first-order valence-corrected chi connectivity index (χ1v) is 14.9. The van der Waals surface area contributed by atoms with Gasteiger partial charge in [-0.25, -0.2) is 4.79 Å². The molecule has 0 heterocycles. The molecule has 0 aliphatic rings. The fourth-order valence-electron chi connectivity index (χ4n) is 5.49. The molecule has 0 amide bonds. The summed E-state index contributed by atoms with van der Waals surface area (Å²) in [7, 11) is 12.1. The minimum atomic E-state index is -0.544. The number of hydrogen-bond acceptors (Lipinski definition) is 5. The predicted molar refractivity (Wildman–Crippen MR) is 183 cm³/mol. The number of ether oxygens (including phenoxy) is 1. The zero-order valence-corrected chi connectivity index (χ0v) is 26.4. The van der Waals surface area contributed by atoms with Gasteiger partial charge in [-0.1, -0.05) is 91.0 Å². The van der Waals surface area contributed by atoms with Crippen molar-refractivity contribution in [1.29, 1.82) is 0 Å². The lowest BCUT2D eigenvalue weighted by atomic mass is 9.82. The second-order valence-electron chi connectivity index (χ2n) is 11.7. The Bertz CT molecular complexity index is 1570. The van der Waals surface area contributed by atoms with Crippen LogP contribution in [-0.4, -0.2) is 48.3 Å². The van der Waals surface area contributed by atoms with E-state index in [0.717, 1.165) is 44.9 Å². The molecular weight excluding hydrogens is 542 g/mol. The van der Waals surface area contributed by atoms with Crippen LogP contribution in [0.3, 0.4) is 0 Å². The van der Waals surface area contributed by atoms with Crippen molar-refractivity contribution in [3.05, 3.63) is 161 Å². The van der Waals surface area contributed by atoms with E-state index < -0.39 is 6.10 Å². The van der Waals surface area contributed by atoms with E-state index in [1.54, 1.807) is 0 Å². The standard InChI is InChI=1S/C39H41N3O2/c1-40(2)32-21-17-28(18-22-32)37(29-19-23-33(24-20-29)41(3)4)35-26-25-34(42(5)6)27-36(35)39(43)44-38(30-13-9-7-10-14-30)31-15-11-8-12-16-31/h7-27,37-38H,1-6H3. The van der Waals surface area contributed by atoms with Gasteiger partial charge in [0.2, 0.25) is 0 Å². The number of nitrogens with zero attached hydrogens (tertiary/aromatic N) is 3. The zero-order valence-electron chi connectivity index (χ0n) is 26.4. The van der Waals surface area contributed by atoms with Gasteiger partial charge in [0.05, 0.1) is 5.56 Å². The first-order chi connectivity index (χ1) is 21.2. The van der Waals surface area contributed by atoms with Crippen LogP contribution in [0.5, 0.6) is 0 Å². The van der Waals surface area contributed by atoms with Crippen molar-refractivity contribution in [2.24, 2.45) is 0 Å². The minimum Gasteiger partial charge on any atom is -0.449 e. The van der Waals surface area contributed by atoms with Gasteiger partial charge in [-0.3, -0.25) is 0 Å². The molecule has 0 aromatic heterocycles. The molecule has 0 saturated heterocycles. The average Bonchev–Trinajstić information content (AvgIpc) is 3.05. The van der Waals surface area contributed by atoms with E-state index in [2.05, 4.69) is 70.5 Å². The average molecular weight is 584 g/mol. The molecule has 224 valence electrons. The van der Waals surface area contributed by atoms with E-state index in [4.69, 9.17) is 4.74 Å². The van der Waals surface area contributed by atoms with Gasteiger partial charge < -0.3 is 19.4 Å². The summed E-state index contributed by atoms with van der Waals surface area (Å²) >= 11 is 0. The summed E-state index contributed by atoms with van der Waals surface area (Å²) in [6.45, 7) is 0. The third kappa shape index (κ3) is 6.78. The topological polar surface area (TPSA) is 36.0 Å². The molecule has 5 rings (SSSR count). The molecule has 0 radical (unpaired) electrons. The minimum absolute atomic E-state index is 0.187. The van der Waals surface area contributed by atoms with Gasteiger partial charge in [0, 0.05) is 65.3 Å². The van der Waals surface area contributed by atoms with Crippen LogP contribution in [0.1, 0.15) is 50.2 Å². The predicted octanol–water partition coefficient (Wildman–Crippen LogP) is 8.01. The number of carbonyl (C=O) groups is 1. The highest BCUT2D eigenvalue weighted by molar-refractivity contribution is 5.93. The summed E-state index contributed by atoms with van der Waals surface area (Å²) in [4.78, 5) is 20.6. The van der Waals surface area contributed by atoms with E-state index in [1.807, 2.05) is 114 Å². The number of benzene rings is 5. The SMILES string of the molecule is CN(C)c1ccc(C(c2ccc(N(C)C)cc2)c2ccc(N(C)C)cc2C(=O)OC(c2ccccc2)c2ccccc2)cc1. The molecule has 0 fully saturated rings. The maximum atomic E-state index is 14.4. The third-order valence-corrected chi connectivity index (χ3v) is 8.00. The summed E-state index contributed by atoms with van der Waals surface area (Å²) in [5.41, 5.74) is 8.66. The smallest absolute Gasteiger partial charge is 0.339 e. The highest BCUT2D eigenvalue weighted by atomic mass is 16.5. The lowest BCUT2D eigenvalue weighted by Gasteiger charge is -2.26. The number of carbonyl (C=O) groups excluding carboxylic acids is 1. The number of hydrogen-bond donors (Lipinski definition) is 0. The quantitative estimate of drug-likeness (QED) is 0.123. The molecule has 5 nitrogen and oxygen atoms in total. The normalized spacial score (nSPS) is 11.0. The molecule has 0 atom stereocenters. The van der Waals surface area contributed by atoms with Gasteiger partial charge in [0.1, 0.15) is 0 Å². The second-order valence-corrected chi connectivity index (χ2v) is 11.7. The van der Waals surface area contributed by atoms with Crippen LogP contribution < -0.4 is 14.7 Å². The number of esters is 1. The summed E-state index contributed by atoms with van der Waals surface area (Å²) in [6, 6.07) is 43.1. The van der Waals surface area contributed by atoms with Crippen molar-refractivity contribution in [2.75, 3.05) is 57.0 Å². The van der Waals surface area contributed by atoms with Crippen LogP contribution >= 0.6 is 0 Å². The Labute approximate surface area is 261 Å². The molecule has 5 heteroatoms. The molecule has 44 heavy (non-hydrogen) atoms. The molecule has 0 saturated carbocycles. The van der Waals surface area contributed by atoms with Gasteiger partial charge in [-0.15, -0.1) is 0 Å². The number of rotatable bonds is 10. The van der Waals surface area contributed by atoms with Crippen LogP contribution in [-0.2, 0) is 4.74 Å². The van der Waals surface area contributed by atoms with E-state index >= 15 is 0 Å². The lowest BCUT2D eigenvalue weighted by molar-refractivity contribution is 0.0376. The first-order valence-electron chi connectivity index (χ1n) is 14.9. The van der Waals surface area contributed by atoms with Crippen molar-refractivity contribution in [3.63, 3.8) is 0 Å². The van der Waals surface area contributed by atoms with E-state index in [9.17, 15) is 4.79 Å². The van der Waals surface area contributed by atoms with Gasteiger partial charge >= 0.3 is 5.97 Å². The Balaban J connectivity index is 1.65. The molecule has 0 bridgehead atoms. The van der Waals surface area contributed by atoms with Crippen molar-refractivity contribution >= 4 is 23.0 Å². The Morgan fingerprint density at radius 2 is 0.909 bits per heavy atom. The third-order valence-electron chi connectivity index (χ3n) is 8.00. The highest BCUT2D eigenvalue weighted by Crippen LogP contribution is 2.38.